The molecule has 0 saturated carbocycles. The summed E-state index contributed by atoms with van der Waals surface area (Å²) < 4.78 is 40.0. The van der Waals surface area contributed by atoms with E-state index in [9.17, 15) is 13.2 Å². The van der Waals surface area contributed by atoms with Crippen LogP contribution >= 0.6 is 11.6 Å². The van der Waals surface area contributed by atoms with Crippen LogP contribution in [0.4, 0.5) is 19.0 Å². The van der Waals surface area contributed by atoms with Gasteiger partial charge in [-0.15, -0.1) is 0 Å². The van der Waals surface area contributed by atoms with Gasteiger partial charge in [0.05, 0.1) is 11.6 Å². The predicted octanol–water partition coefficient (Wildman–Crippen LogP) is 6.38. The molecular weight excluding hydrogens is 399 g/mol. The van der Waals surface area contributed by atoms with Gasteiger partial charge in [-0.2, -0.15) is 13.2 Å². The molecule has 2 aliphatic rings. The van der Waals surface area contributed by atoms with Gasteiger partial charge in [0.2, 0.25) is 0 Å². The fourth-order valence-electron chi connectivity index (χ4n) is 3.42. The van der Waals surface area contributed by atoms with E-state index in [0.29, 0.717) is 17.8 Å². The fraction of sp³-hybridized carbons (Fsp3) is 0.182. The molecule has 148 valence electrons. The van der Waals surface area contributed by atoms with Gasteiger partial charge in [-0.1, -0.05) is 29.8 Å². The summed E-state index contributed by atoms with van der Waals surface area (Å²) in [5.74, 6) is 0.718. The largest absolute Gasteiger partial charge is 0.416 e. The number of dihydropyridines is 1. The quantitative estimate of drug-likeness (QED) is 0.629. The molecule has 4 rings (SSSR count). The highest BCUT2D eigenvalue weighted by Gasteiger charge is 2.32. The number of halogens is 4. The van der Waals surface area contributed by atoms with Crippen LogP contribution in [-0.2, 0) is 6.18 Å². The summed E-state index contributed by atoms with van der Waals surface area (Å²) in [5, 5.41) is 3.48. The number of benzene rings is 1. The van der Waals surface area contributed by atoms with Gasteiger partial charge in [-0.25, -0.2) is 4.98 Å². The summed E-state index contributed by atoms with van der Waals surface area (Å²) in [4.78, 5) is 8.67. The molecule has 2 aromatic rings. The standard InChI is InChI=1S/C22H17ClF3N3/c23-18-9-8-16(22(24,25)26)13-17(18)21(29-20-5-1-2-10-28-20)15-7-6-14-4-3-11-27-19(14)12-15/h1-5,7-14,21H,6H2,(H,28,29). The number of hydrogen-bond donors (Lipinski definition) is 1. The Bertz CT molecular complexity index is 1020. The number of rotatable bonds is 4. The SMILES string of the molecule is FC(F)(F)c1ccc(Cl)c(C(Nc2ccccn2)C2=CCC3C=CC=NC3=C2)c1. The molecule has 2 unspecified atom stereocenters. The Morgan fingerprint density at radius 3 is 2.79 bits per heavy atom. The van der Waals surface area contributed by atoms with E-state index in [0.717, 1.165) is 23.4 Å². The normalized spacial score (nSPS) is 19.2. The number of alkyl halides is 3. The van der Waals surface area contributed by atoms with Gasteiger partial charge in [0, 0.05) is 29.0 Å². The lowest BCUT2D eigenvalue weighted by molar-refractivity contribution is -0.137. The van der Waals surface area contributed by atoms with Crippen molar-refractivity contribution in [2.45, 2.75) is 18.6 Å². The first kappa shape index (κ1) is 19.5. The molecule has 7 heteroatoms. The van der Waals surface area contributed by atoms with Crippen molar-refractivity contribution in [3.8, 4) is 0 Å². The Balaban J connectivity index is 1.78. The van der Waals surface area contributed by atoms with Gasteiger partial charge >= 0.3 is 6.18 Å². The zero-order chi connectivity index (χ0) is 20.4. The Morgan fingerprint density at radius 2 is 2.03 bits per heavy atom. The molecule has 1 aromatic carbocycles. The number of aliphatic imine (C=N–C) groups is 1. The van der Waals surface area contributed by atoms with Crippen molar-refractivity contribution in [3.05, 3.63) is 94.3 Å². The molecule has 0 fully saturated rings. The lowest BCUT2D eigenvalue weighted by Crippen LogP contribution is -2.18. The number of aromatic nitrogens is 1. The van der Waals surface area contributed by atoms with Crippen molar-refractivity contribution in [3.63, 3.8) is 0 Å². The minimum absolute atomic E-state index is 0.177. The Labute approximate surface area is 171 Å². The molecule has 2 atom stereocenters. The monoisotopic (exact) mass is 415 g/mol. The second-order valence-corrected chi connectivity index (χ2v) is 7.21. The minimum Gasteiger partial charge on any atom is -0.359 e. The second kappa shape index (κ2) is 7.87. The van der Waals surface area contributed by atoms with Crippen LogP contribution < -0.4 is 5.32 Å². The number of fused-ring (bicyclic) bond motifs is 1. The first-order chi connectivity index (χ1) is 13.9. The third-order valence-corrected chi connectivity index (χ3v) is 5.22. The molecule has 1 N–H and O–H groups in total. The van der Waals surface area contributed by atoms with Crippen LogP contribution in [0, 0.1) is 5.92 Å². The maximum Gasteiger partial charge on any atom is 0.416 e. The summed E-state index contributed by atoms with van der Waals surface area (Å²) in [6, 6.07) is 8.10. The molecule has 0 spiro atoms. The molecule has 0 bridgehead atoms. The third-order valence-electron chi connectivity index (χ3n) is 4.88. The average molecular weight is 416 g/mol. The van der Waals surface area contributed by atoms with Crippen molar-refractivity contribution >= 4 is 23.6 Å². The first-order valence-corrected chi connectivity index (χ1v) is 9.46. The molecule has 0 saturated heterocycles. The van der Waals surface area contributed by atoms with Crippen LogP contribution in [0.15, 0.2) is 83.2 Å². The van der Waals surface area contributed by atoms with Crippen molar-refractivity contribution < 1.29 is 13.2 Å². The number of anilines is 1. The van der Waals surface area contributed by atoms with E-state index in [1.165, 1.54) is 6.07 Å². The fourth-order valence-corrected chi connectivity index (χ4v) is 3.65. The van der Waals surface area contributed by atoms with Crippen molar-refractivity contribution in [2.24, 2.45) is 10.9 Å². The molecule has 3 nitrogen and oxygen atoms in total. The summed E-state index contributed by atoms with van der Waals surface area (Å²) in [5.41, 5.74) is 1.27. The van der Waals surface area contributed by atoms with E-state index < -0.39 is 17.8 Å². The van der Waals surface area contributed by atoms with E-state index in [-0.39, 0.29) is 10.9 Å². The minimum atomic E-state index is -4.46. The highest BCUT2D eigenvalue weighted by Crippen LogP contribution is 2.40. The topological polar surface area (TPSA) is 37.3 Å². The number of nitrogens with one attached hydrogen (secondary N) is 1. The van der Waals surface area contributed by atoms with E-state index >= 15 is 0 Å². The highest BCUT2D eigenvalue weighted by molar-refractivity contribution is 6.31. The summed E-state index contributed by atoms with van der Waals surface area (Å²) in [6.07, 6.45) is 7.46. The molecule has 1 aliphatic heterocycles. The number of hydrogen-bond acceptors (Lipinski definition) is 3. The second-order valence-electron chi connectivity index (χ2n) is 6.80. The van der Waals surface area contributed by atoms with Crippen LogP contribution in [0.5, 0.6) is 0 Å². The van der Waals surface area contributed by atoms with Crippen LogP contribution in [0.25, 0.3) is 0 Å². The number of pyridine rings is 1. The zero-order valence-electron chi connectivity index (χ0n) is 15.2. The number of allylic oxidation sites excluding steroid dienone is 3. The van der Waals surface area contributed by atoms with Gasteiger partial charge < -0.3 is 5.32 Å². The predicted molar refractivity (Wildman–Crippen MR) is 109 cm³/mol. The zero-order valence-corrected chi connectivity index (χ0v) is 16.0. The summed E-state index contributed by atoms with van der Waals surface area (Å²) in [6.45, 7) is 0. The first-order valence-electron chi connectivity index (χ1n) is 9.08. The van der Waals surface area contributed by atoms with Gasteiger partial charge in [0.25, 0.3) is 0 Å². The average Bonchev–Trinajstić information content (AvgIpc) is 2.72. The lowest BCUT2D eigenvalue weighted by Gasteiger charge is -2.27. The van der Waals surface area contributed by atoms with Crippen LogP contribution in [0.1, 0.15) is 23.6 Å². The van der Waals surface area contributed by atoms with Crippen LogP contribution in [0.2, 0.25) is 5.02 Å². The molecule has 0 amide bonds. The molecule has 0 radical (unpaired) electrons. The molecular formula is C22H17ClF3N3. The maximum atomic E-state index is 13.3. The van der Waals surface area contributed by atoms with E-state index in [1.807, 2.05) is 18.2 Å². The van der Waals surface area contributed by atoms with Gasteiger partial charge in [0.1, 0.15) is 5.82 Å². The van der Waals surface area contributed by atoms with Crippen molar-refractivity contribution in [2.75, 3.05) is 5.32 Å². The van der Waals surface area contributed by atoms with Gasteiger partial charge in [0.15, 0.2) is 0 Å². The Kier molecular flexibility index (Phi) is 5.28. The lowest BCUT2D eigenvalue weighted by atomic mass is 9.86. The molecule has 2 heterocycles. The van der Waals surface area contributed by atoms with Crippen LogP contribution in [0.3, 0.4) is 0 Å². The summed E-state index contributed by atoms with van der Waals surface area (Å²) in [7, 11) is 0. The summed E-state index contributed by atoms with van der Waals surface area (Å²) >= 11 is 6.35. The molecule has 29 heavy (non-hydrogen) atoms. The van der Waals surface area contributed by atoms with Gasteiger partial charge in [-0.05, 0) is 60.0 Å². The highest BCUT2D eigenvalue weighted by atomic mass is 35.5. The van der Waals surface area contributed by atoms with Gasteiger partial charge in [-0.3, -0.25) is 4.99 Å². The third kappa shape index (κ3) is 4.27. The van der Waals surface area contributed by atoms with E-state index in [2.05, 4.69) is 21.4 Å². The van der Waals surface area contributed by atoms with Crippen LogP contribution in [-0.4, -0.2) is 11.2 Å². The molecule has 1 aromatic heterocycles. The molecule has 1 aliphatic carbocycles. The Hall–Kier alpha value is -2.86. The number of nitrogens with zero attached hydrogens (tertiary/aromatic N) is 2. The Morgan fingerprint density at radius 1 is 1.17 bits per heavy atom. The maximum absolute atomic E-state index is 13.3. The van der Waals surface area contributed by atoms with E-state index in [1.54, 1.807) is 30.6 Å². The van der Waals surface area contributed by atoms with Crippen molar-refractivity contribution in [1.82, 2.24) is 4.98 Å². The smallest absolute Gasteiger partial charge is 0.359 e. The van der Waals surface area contributed by atoms with Crippen molar-refractivity contribution in [1.29, 1.82) is 0 Å². The van der Waals surface area contributed by atoms with E-state index in [4.69, 9.17) is 11.6 Å².